The van der Waals surface area contributed by atoms with E-state index in [0.717, 1.165) is 0 Å². The number of amides is 1. The van der Waals surface area contributed by atoms with Crippen molar-refractivity contribution in [2.24, 2.45) is 10.7 Å². The van der Waals surface area contributed by atoms with Crippen LogP contribution in [0.5, 0.6) is 0 Å². The number of primary amides is 1. The molecule has 2 heterocycles. The molecule has 72 valence electrons. The van der Waals surface area contributed by atoms with Gasteiger partial charge in [-0.3, -0.25) is 9.79 Å². The van der Waals surface area contributed by atoms with Gasteiger partial charge in [-0.05, 0) is 0 Å². The third-order valence-corrected chi connectivity index (χ3v) is 2.81. The number of rotatable bonds is 2. The highest BCUT2D eigenvalue weighted by atomic mass is 32.1. The highest BCUT2D eigenvalue weighted by molar-refractivity contribution is 7.10. The Kier molecular flexibility index (Phi) is 2.05. The Balaban J connectivity index is 2.47. The lowest BCUT2D eigenvalue weighted by molar-refractivity contribution is -0.121. The summed E-state index contributed by atoms with van der Waals surface area (Å²) in [4.78, 5) is 19.3. The molecule has 0 spiro atoms. The number of nitrogens with zero attached hydrogens (tertiary/aromatic N) is 2. The molecule has 6 heteroatoms. The summed E-state index contributed by atoms with van der Waals surface area (Å²) in [6.45, 7) is 0. The van der Waals surface area contributed by atoms with E-state index < -0.39 is 11.4 Å². The van der Waals surface area contributed by atoms with Crippen molar-refractivity contribution in [2.75, 3.05) is 0 Å². The summed E-state index contributed by atoms with van der Waals surface area (Å²) in [5.41, 5.74) is 4.25. The predicted molar refractivity (Wildman–Crippen MR) is 53.8 cm³/mol. The molecule has 1 amide bonds. The summed E-state index contributed by atoms with van der Waals surface area (Å²) < 4.78 is 0. The average molecular weight is 208 g/mol. The summed E-state index contributed by atoms with van der Waals surface area (Å²) in [5, 5.41) is 5.26. The van der Waals surface area contributed by atoms with Crippen LogP contribution < -0.4 is 11.1 Å². The van der Waals surface area contributed by atoms with Gasteiger partial charge in [-0.1, -0.05) is 0 Å². The molecule has 0 saturated carbocycles. The molecule has 0 bridgehead atoms. The van der Waals surface area contributed by atoms with Crippen LogP contribution in [0.4, 0.5) is 0 Å². The maximum Gasteiger partial charge on any atom is 0.256 e. The minimum absolute atomic E-state index is 0.513. The Morgan fingerprint density at radius 1 is 1.64 bits per heavy atom. The van der Waals surface area contributed by atoms with Crippen molar-refractivity contribution in [3.05, 3.63) is 29.0 Å². The van der Waals surface area contributed by atoms with Crippen LogP contribution in [0, 0.1) is 0 Å². The second-order valence-corrected chi connectivity index (χ2v) is 3.64. The summed E-state index contributed by atoms with van der Waals surface area (Å²) >= 11 is 1.36. The Morgan fingerprint density at radius 2 is 2.50 bits per heavy atom. The molecule has 0 saturated heterocycles. The molecule has 3 N–H and O–H groups in total. The maximum absolute atomic E-state index is 11.4. The molecule has 0 aliphatic carbocycles. The molecule has 0 aromatic carbocycles. The number of thiazole rings is 1. The number of nitrogens with one attached hydrogen (secondary N) is 1. The van der Waals surface area contributed by atoms with Crippen molar-refractivity contribution < 1.29 is 4.79 Å². The summed E-state index contributed by atoms with van der Waals surface area (Å²) in [7, 11) is 0. The fourth-order valence-corrected chi connectivity index (χ4v) is 1.95. The second kappa shape index (κ2) is 3.22. The first-order chi connectivity index (χ1) is 6.76. The van der Waals surface area contributed by atoms with Crippen molar-refractivity contribution in [3.8, 4) is 0 Å². The highest BCUT2D eigenvalue weighted by Gasteiger charge is 2.39. The van der Waals surface area contributed by atoms with E-state index in [0.29, 0.717) is 5.01 Å². The Bertz CT molecular complexity index is 397. The number of carbonyl (C=O) groups excluding carboxylic acids is 1. The lowest BCUT2D eigenvalue weighted by Gasteiger charge is -2.25. The zero-order chi connectivity index (χ0) is 10.0. The van der Waals surface area contributed by atoms with E-state index in [4.69, 9.17) is 5.73 Å². The molecular formula is C8H8N4OS. The largest absolute Gasteiger partial charge is 0.367 e. The van der Waals surface area contributed by atoms with Gasteiger partial charge in [-0.15, -0.1) is 11.3 Å². The first-order valence-corrected chi connectivity index (χ1v) is 4.80. The molecule has 1 aromatic rings. The molecular weight excluding hydrogens is 200 g/mol. The normalized spacial score (nSPS) is 24.6. The molecule has 1 aliphatic rings. The van der Waals surface area contributed by atoms with Crippen LogP contribution >= 0.6 is 11.3 Å². The van der Waals surface area contributed by atoms with Crippen molar-refractivity contribution in [2.45, 2.75) is 5.54 Å². The van der Waals surface area contributed by atoms with E-state index in [9.17, 15) is 4.79 Å². The predicted octanol–water partition coefficient (Wildman–Crippen LogP) is -0.0311. The SMILES string of the molecule is NC(=O)C1(c2nccs2)C=NC=CN1. The first kappa shape index (κ1) is 8.89. The lowest BCUT2D eigenvalue weighted by Crippen LogP contribution is -2.52. The van der Waals surface area contributed by atoms with E-state index in [1.165, 1.54) is 17.6 Å². The summed E-state index contributed by atoms with van der Waals surface area (Å²) in [6, 6.07) is 0. The van der Waals surface area contributed by atoms with Gasteiger partial charge in [-0.25, -0.2) is 4.98 Å². The zero-order valence-electron chi connectivity index (χ0n) is 7.18. The van der Waals surface area contributed by atoms with Crippen LogP contribution in [0.25, 0.3) is 0 Å². The van der Waals surface area contributed by atoms with Crippen LogP contribution in [-0.2, 0) is 10.3 Å². The molecule has 0 fully saturated rings. The van der Waals surface area contributed by atoms with Gasteiger partial charge in [0.25, 0.3) is 5.91 Å². The van der Waals surface area contributed by atoms with Crippen molar-refractivity contribution >= 4 is 23.5 Å². The monoisotopic (exact) mass is 208 g/mol. The Morgan fingerprint density at radius 3 is 3.00 bits per heavy atom. The second-order valence-electron chi connectivity index (χ2n) is 2.75. The standard InChI is InChI=1S/C8H8N4OS/c9-6(13)8(5-10-1-2-12-8)7-11-3-4-14-7/h1-5,12H,(H2,9,13). The molecule has 14 heavy (non-hydrogen) atoms. The van der Waals surface area contributed by atoms with Gasteiger partial charge >= 0.3 is 0 Å². The van der Waals surface area contributed by atoms with Crippen LogP contribution in [-0.4, -0.2) is 17.1 Å². The fourth-order valence-electron chi connectivity index (χ4n) is 1.18. The summed E-state index contributed by atoms with van der Waals surface area (Å²) in [6.07, 6.45) is 6.22. The lowest BCUT2D eigenvalue weighted by atomic mass is 10.0. The van der Waals surface area contributed by atoms with Gasteiger partial charge < -0.3 is 11.1 Å². The third-order valence-electron chi connectivity index (χ3n) is 1.90. The minimum Gasteiger partial charge on any atom is -0.367 e. The number of nitrogens with two attached hydrogens (primary N) is 1. The number of carbonyl (C=O) groups is 1. The van der Waals surface area contributed by atoms with Crippen LogP contribution in [0.1, 0.15) is 5.01 Å². The molecule has 2 rings (SSSR count). The number of hydrogen-bond donors (Lipinski definition) is 2. The highest BCUT2D eigenvalue weighted by Crippen LogP contribution is 2.22. The van der Waals surface area contributed by atoms with Crippen molar-refractivity contribution in [1.82, 2.24) is 10.3 Å². The molecule has 5 nitrogen and oxygen atoms in total. The first-order valence-electron chi connectivity index (χ1n) is 3.92. The van der Waals surface area contributed by atoms with Crippen molar-refractivity contribution in [3.63, 3.8) is 0 Å². The van der Waals surface area contributed by atoms with Gasteiger partial charge in [0.15, 0.2) is 0 Å². The zero-order valence-corrected chi connectivity index (χ0v) is 7.99. The Labute approximate surface area is 84.4 Å². The van der Waals surface area contributed by atoms with E-state index in [-0.39, 0.29) is 0 Å². The fraction of sp³-hybridized carbons (Fsp3) is 0.125. The number of aliphatic imine (C=N–C) groups is 1. The molecule has 1 unspecified atom stereocenters. The maximum atomic E-state index is 11.4. The van der Waals surface area contributed by atoms with E-state index in [2.05, 4.69) is 15.3 Å². The smallest absolute Gasteiger partial charge is 0.256 e. The molecule has 1 atom stereocenters. The van der Waals surface area contributed by atoms with Gasteiger partial charge in [0.2, 0.25) is 5.54 Å². The third kappa shape index (κ3) is 1.20. The number of hydrogen-bond acceptors (Lipinski definition) is 5. The molecule has 0 radical (unpaired) electrons. The molecule has 1 aromatic heterocycles. The van der Waals surface area contributed by atoms with E-state index in [1.54, 1.807) is 24.0 Å². The van der Waals surface area contributed by atoms with Gasteiger partial charge in [-0.2, -0.15) is 0 Å². The average Bonchev–Trinajstić information content (AvgIpc) is 2.72. The van der Waals surface area contributed by atoms with E-state index in [1.807, 2.05) is 0 Å². The van der Waals surface area contributed by atoms with Crippen molar-refractivity contribution in [1.29, 1.82) is 0 Å². The minimum atomic E-state index is -1.08. The van der Waals surface area contributed by atoms with Crippen LogP contribution in [0.3, 0.4) is 0 Å². The Hall–Kier alpha value is -1.69. The van der Waals surface area contributed by atoms with Gasteiger partial charge in [0.1, 0.15) is 5.01 Å². The summed E-state index contributed by atoms with van der Waals surface area (Å²) in [5.74, 6) is -0.513. The van der Waals surface area contributed by atoms with Crippen LogP contribution in [0.15, 0.2) is 29.0 Å². The molecule has 1 aliphatic heterocycles. The van der Waals surface area contributed by atoms with Gasteiger partial charge in [0.05, 0.1) is 0 Å². The van der Waals surface area contributed by atoms with Crippen LogP contribution in [0.2, 0.25) is 0 Å². The van der Waals surface area contributed by atoms with Gasteiger partial charge in [0, 0.05) is 30.2 Å². The quantitative estimate of drug-likeness (QED) is 0.716. The topological polar surface area (TPSA) is 80.4 Å². The number of aromatic nitrogens is 1. The van der Waals surface area contributed by atoms with E-state index >= 15 is 0 Å².